The van der Waals surface area contributed by atoms with Gasteiger partial charge in [-0.3, -0.25) is 0 Å². The summed E-state index contributed by atoms with van der Waals surface area (Å²) in [5.74, 6) is 1.79. The number of allylic oxidation sites excluding steroid dienone is 3. The number of carbonyl (C=O) groups is 1. The van der Waals surface area contributed by atoms with Crippen LogP contribution in [-0.2, 0) is 4.79 Å². The molecule has 0 spiro atoms. The molecule has 1 atom stereocenters. The van der Waals surface area contributed by atoms with Gasteiger partial charge >= 0.3 is 0 Å². The molecule has 0 saturated carbocycles. The summed E-state index contributed by atoms with van der Waals surface area (Å²) in [5, 5.41) is 1.18. The van der Waals surface area contributed by atoms with Crippen LogP contribution in [0.5, 0.6) is 0 Å². The molecule has 178 valence electrons. The number of halogens is 2. The first kappa shape index (κ1) is 32.5. The minimum Gasteiger partial charge on any atom is -0.303 e. The predicted molar refractivity (Wildman–Crippen MR) is 145 cm³/mol. The highest BCUT2D eigenvalue weighted by atomic mass is 35.5. The van der Waals surface area contributed by atoms with Crippen molar-refractivity contribution in [1.29, 1.82) is 0 Å². The first-order valence-corrected chi connectivity index (χ1v) is 13.5. The van der Waals surface area contributed by atoms with Crippen molar-refractivity contribution in [2.24, 2.45) is 5.92 Å². The molecule has 0 aliphatic heterocycles. The zero-order chi connectivity index (χ0) is 23.9. The van der Waals surface area contributed by atoms with Gasteiger partial charge in [0, 0.05) is 17.1 Å². The Kier molecular flexibility index (Phi) is 25.1. The Morgan fingerprint density at radius 1 is 1.10 bits per heavy atom. The molecule has 1 aromatic rings. The lowest BCUT2D eigenvalue weighted by Crippen LogP contribution is -1.91. The standard InChI is InChI=1S/C14H14Cl2OS.C11H24.C2H6/c1-11(6-3-2-4-9-17)10-18-13-8-5-7-12(15)14(13)16;1-4-6-7-8-9-10-11(3)5-2;1-2/h2-3,5-9H,4,10H2,1H3;11H,4-10H2,1-3H3;1-2H3/b3-2-,11-6+;;. The smallest absolute Gasteiger partial charge is 0.123 e. The van der Waals surface area contributed by atoms with Crippen molar-refractivity contribution in [3.05, 3.63) is 52.0 Å². The highest BCUT2D eigenvalue weighted by Gasteiger charge is 2.04. The highest BCUT2D eigenvalue weighted by Crippen LogP contribution is 2.33. The van der Waals surface area contributed by atoms with Gasteiger partial charge in [-0.15, -0.1) is 11.8 Å². The zero-order valence-corrected chi connectivity index (χ0v) is 22.9. The molecule has 0 aliphatic rings. The summed E-state index contributed by atoms with van der Waals surface area (Å²) >= 11 is 13.7. The van der Waals surface area contributed by atoms with E-state index in [0.29, 0.717) is 16.5 Å². The van der Waals surface area contributed by atoms with Gasteiger partial charge in [-0.2, -0.15) is 0 Å². The van der Waals surface area contributed by atoms with E-state index in [0.717, 1.165) is 22.9 Å². The Morgan fingerprint density at radius 3 is 2.39 bits per heavy atom. The van der Waals surface area contributed by atoms with Gasteiger partial charge in [0.1, 0.15) is 6.29 Å². The molecule has 0 saturated heterocycles. The van der Waals surface area contributed by atoms with Gasteiger partial charge in [-0.1, -0.05) is 133 Å². The van der Waals surface area contributed by atoms with Crippen LogP contribution in [0, 0.1) is 5.92 Å². The zero-order valence-electron chi connectivity index (χ0n) is 20.6. The fraction of sp³-hybridized carbons (Fsp3) is 0.593. The second-order valence-electron chi connectivity index (χ2n) is 7.40. The lowest BCUT2D eigenvalue weighted by molar-refractivity contribution is -0.107. The maximum atomic E-state index is 10.1. The number of hydrogen-bond acceptors (Lipinski definition) is 2. The quantitative estimate of drug-likeness (QED) is 0.119. The summed E-state index contributed by atoms with van der Waals surface area (Å²) < 4.78 is 0. The number of rotatable bonds is 13. The van der Waals surface area contributed by atoms with Gasteiger partial charge in [0.15, 0.2) is 0 Å². The van der Waals surface area contributed by atoms with Crippen LogP contribution in [0.15, 0.2) is 46.9 Å². The Bertz CT molecular complexity index is 611. The summed E-state index contributed by atoms with van der Waals surface area (Å²) in [4.78, 5) is 11.1. The molecule has 0 N–H and O–H groups in total. The van der Waals surface area contributed by atoms with E-state index in [-0.39, 0.29) is 0 Å². The van der Waals surface area contributed by atoms with Crippen LogP contribution in [0.1, 0.15) is 92.9 Å². The summed E-state index contributed by atoms with van der Waals surface area (Å²) in [6, 6.07) is 5.62. The molecule has 1 aromatic carbocycles. The van der Waals surface area contributed by atoms with Crippen molar-refractivity contribution < 1.29 is 4.79 Å². The fourth-order valence-corrected chi connectivity index (χ4v) is 3.91. The SMILES string of the molecule is C/C(=C\C=C/CC=O)CSc1cccc(Cl)c1Cl.CC.CCCCCCCC(C)CC. The number of benzene rings is 1. The molecule has 4 heteroatoms. The first-order valence-electron chi connectivity index (χ1n) is 11.8. The van der Waals surface area contributed by atoms with Crippen LogP contribution in [0.25, 0.3) is 0 Å². The maximum absolute atomic E-state index is 10.1. The van der Waals surface area contributed by atoms with Crippen molar-refractivity contribution in [3.8, 4) is 0 Å². The first-order chi connectivity index (χ1) is 15.0. The van der Waals surface area contributed by atoms with E-state index in [1.165, 1.54) is 50.5 Å². The van der Waals surface area contributed by atoms with Gasteiger partial charge in [0.25, 0.3) is 0 Å². The molecular formula is C27H44Cl2OS. The minimum absolute atomic E-state index is 0.455. The Labute approximate surface area is 207 Å². The predicted octanol–water partition coefficient (Wildman–Crippen LogP) is 10.6. The highest BCUT2D eigenvalue weighted by molar-refractivity contribution is 7.99. The Balaban J connectivity index is 0. The lowest BCUT2D eigenvalue weighted by atomic mass is 10.0. The maximum Gasteiger partial charge on any atom is 0.123 e. The van der Waals surface area contributed by atoms with Gasteiger partial charge in [-0.05, 0) is 25.0 Å². The molecule has 0 radical (unpaired) electrons. The number of thioether (sulfide) groups is 1. The van der Waals surface area contributed by atoms with Crippen LogP contribution < -0.4 is 0 Å². The van der Waals surface area contributed by atoms with Gasteiger partial charge in [0.05, 0.1) is 10.0 Å². The van der Waals surface area contributed by atoms with Gasteiger partial charge < -0.3 is 4.79 Å². The molecule has 1 nitrogen and oxygen atoms in total. The lowest BCUT2D eigenvalue weighted by Gasteiger charge is -2.06. The fourth-order valence-electron chi connectivity index (χ4n) is 2.50. The van der Waals surface area contributed by atoms with Crippen LogP contribution in [0.3, 0.4) is 0 Å². The molecule has 0 fully saturated rings. The molecule has 31 heavy (non-hydrogen) atoms. The van der Waals surface area contributed by atoms with E-state index in [4.69, 9.17) is 23.2 Å². The van der Waals surface area contributed by atoms with E-state index in [9.17, 15) is 4.79 Å². The topological polar surface area (TPSA) is 17.1 Å². The monoisotopic (exact) mass is 486 g/mol. The van der Waals surface area contributed by atoms with Crippen molar-refractivity contribution in [2.75, 3.05) is 5.75 Å². The molecule has 1 unspecified atom stereocenters. The van der Waals surface area contributed by atoms with Crippen molar-refractivity contribution in [3.63, 3.8) is 0 Å². The van der Waals surface area contributed by atoms with Gasteiger partial charge in [-0.25, -0.2) is 0 Å². The van der Waals surface area contributed by atoms with E-state index in [1.54, 1.807) is 17.8 Å². The summed E-state index contributed by atoms with van der Waals surface area (Å²) in [6.07, 6.45) is 17.0. The molecular weight excluding hydrogens is 443 g/mol. The number of carbonyl (C=O) groups excluding carboxylic acids is 1. The molecule has 1 rings (SSSR count). The Hall–Kier alpha value is -0.700. The van der Waals surface area contributed by atoms with Crippen LogP contribution in [0.2, 0.25) is 10.0 Å². The van der Waals surface area contributed by atoms with Crippen molar-refractivity contribution in [1.82, 2.24) is 0 Å². The third-order valence-electron chi connectivity index (χ3n) is 4.62. The summed E-state index contributed by atoms with van der Waals surface area (Å²) in [6.45, 7) is 13.0. The third-order valence-corrected chi connectivity index (χ3v) is 6.80. The van der Waals surface area contributed by atoms with Crippen molar-refractivity contribution >= 4 is 41.2 Å². The summed E-state index contributed by atoms with van der Waals surface area (Å²) in [7, 11) is 0. The largest absolute Gasteiger partial charge is 0.303 e. The van der Waals surface area contributed by atoms with E-state index in [2.05, 4.69) is 20.8 Å². The van der Waals surface area contributed by atoms with E-state index in [1.807, 2.05) is 51.1 Å². The summed E-state index contributed by atoms with van der Waals surface area (Å²) in [5.41, 5.74) is 1.21. The molecule has 0 heterocycles. The second kappa shape index (κ2) is 24.0. The van der Waals surface area contributed by atoms with Gasteiger partial charge in [0.2, 0.25) is 0 Å². The molecule has 0 amide bonds. The van der Waals surface area contributed by atoms with E-state index >= 15 is 0 Å². The Morgan fingerprint density at radius 2 is 1.77 bits per heavy atom. The van der Waals surface area contributed by atoms with Crippen LogP contribution in [-0.4, -0.2) is 12.0 Å². The minimum atomic E-state index is 0.455. The van der Waals surface area contributed by atoms with E-state index < -0.39 is 0 Å². The average Bonchev–Trinajstić information content (AvgIpc) is 2.79. The molecule has 0 aliphatic carbocycles. The molecule has 0 bridgehead atoms. The number of hydrogen-bond donors (Lipinski definition) is 0. The number of aldehydes is 1. The molecule has 0 aromatic heterocycles. The van der Waals surface area contributed by atoms with Crippen LogP contribution >= 0.6 is 35.0 Å². The second-order valence-corrected chi connectivity index (χ2v) is 9.20. The number of unbranched alkanes of at least 4 members (excludes halogenated alkanes) is 4. The third kappa shape index (κ3) is 19.7. The van der Waals surface area contributed by atoms with Crippen LogP contribution in [0.4, 0.5) is 0 Å². The normalized spacial score (nSPS) is 11.9. The average molecular weight is 488 g/mol. The van der Waals surface area contributed by atoms with Crippen molar-refractivity contribution in [2.45, 2.75) is 97.8 Å².